The third-order valence-corrected chi connectivity index (χ3v) is 3.11. The number of allylic oxidation sites excluding steroid dienone is 1. The van der Waals surface area contributed by atoms with Crippen LogP contribution in [0.1, 0.15) is 6.92 Å². The molecule has 0 spiro atoms. The number of halogens is 2. The van der Waals surface area contributed by atoms with Gasteiger partial charge in [-0.15, -0.1) is 0 Å². The zero-order valence-corrected chi connectivity index (χ0v) is 14.1. The molecule has 0 radical (unpaired) electrons. The first-order valence-corrected chi connectivity index (χ1v) is 10.4. The first kappa shape index (κ1) is 20.5. The average Bonchev–Trinajstić information content (AvgIpc) is 2.44. The molecule has 0 saturated heterocycles. The Bertz CT molecular complexity index is 355. The van der Waals surface area contributed by atoms with Gasteiger partial charge in [0.05, 0.1) is 0 Å². The van der Waals surface area contributed by atoms with Gasteiger partial charge in [-0.2, -0.15) is 0 Å². The Labute approximate surface area is 128 Å². The van der Waals surface area contributed by atoms with E-state index in [9.17, 15) is 0 Å². The summed E-state index contributed by atoms with van der Waals surface area (Å²) in [7, 11) is 10.7. The molecule has 2 heterocycles. The largest absolute Gasteiger partial charge is 0.358 e. The maximum absolute atomic E-state index is 5.34. The van der Waals surface area contributed by atoms with Crippen LogP contribution in [0.3, 0.4) is 0 Å². The van der Waals surface area contributed by atoms with Gasteiger partial charge in [-0.1, -0.05) is 12.1 Å². The van der Waals surface area contributed by atoms with E-state index in [-0.39, 0.29) is 7.43 Å². The van der Waals surface area contributed by atoms with E-state index in [1.165, 1.54) is 0 Å². The predicted octanol–water partition coefficient (Wildman–Crippen LogP) is 4.50. The average molecular weight is 385 g/mol. The molecule has 106 valence electrons. The zero-order valence-electron chi connectivity index (χ0n) is 10.9. The van der Waals surface area contributed by atoms with Crippen molar-refractivity contribution in [2.24, 2.45) is 0 Å². The number of hydrogen-bond donors (Lipinski definition) is 0. The summed E-state index contributed by atoms with van der Waals surface area (Å²) in [5.41, 5.74) is 0. The van der Waals surface area contributed by atoms with Crippen molar-refractivity contribution in [1.82, 2.24) is 9.97 Å². The summed E-state index contributed by atoms with van der Waals surface area (Å²) >= 11 is -1.57. The Morgan fingerprint density at radius 3 is 1.26 bits per heavy atom. The van der Waals surface area contributed by atoms with Gasteiger partial charge in [0, 0.05) is 24.8 Å². The van der Waals surface area contributed by atoms with Crippen molar-refractivity contribution in [1.29, 1.82) is 0 Å². The molecule has 0 atom stereocenters. The SMILES string of the molecule is CC=[C]=[Ru]([Cl])[Cl].[CH3-].c1ccncc1.c1ccncc1. The second-order valence-electron chi connectivity index (χ2n) is 2.62. The zero-order chi connectivity index (χ0) is 13.5. The van der Waals surface area contributed by atoms with E-state index in [1.54, 1.807) is 30.9 Å². The fraction of sp³-hybridized carbons (Fsp3) is 0.0714. The standard InChI is InChI=1S/2C5H5N.C3H4.CH3.2ClH.Ru/c2*1-2-4-6-5-3-1;1-3-2;;;;/h2*1-5H;3H,1H3;1H3;2*1H;/q;;;-1;;;+2/p-2. The van der Waals surface area contributed by atoms with Crippen LogP contribution >= 0.6 is 19.4 Å². The van der Waals surface area contributed by atoms with E-state index >= 15 is 0 Å². The predicted molar refractivity (Wildman–Crippen MR) is 81.8 cm³/mol. The smallest absolute Gasteiger partial charge is 0.0267 e. The number of hydrogen-bond acceptors (Lipinski definition) is 2. The van der Waals surface area contributed by atoms with Crippen molar-refractivity contribution in [3.63, 3.8) is 0 Å². The van der Waals surface area contributed by atoms with Crippen LogP contribution in [0.5, 0.6) is 0 Å². The summed E-state index contributed by atoms with van der Waals surface area (Å²) in [6.45, 7) is 1.85. The molecule has 2 aromatic rings. The summed E-state index contributed by atoms with van der Waals surface area (Å²) in [6, 6.07) is 11.4. The molecule has 0 unspecified atom stereocenters. The molecule has 2 nitrogen and oxygen atoms in total. The molecule has 2 rings (SSSR count). The van der Waals surface area contributed by atoms with Gasteiger partial charge in [0.15, 0.2) is 0 Å². The van der Waals surface area contributed by atoms with Crippen molar-refractivity contribution >= 4 is 23.6 Å². The second-order valence-corrected chi connectivity index (χ2v) is 8.00. The van der Waals surface area contributed by atoms with E-state index in [4.69, 9.17) is 19.4 Å². The molecule has 0 amide bonds. The van der Waals surface area contributed by atoms with Gasteiger partial charge < -0.3 is 7.43 Å². The topological polar surface area (TPSA) is 25.8 Å². The van der Waals surface area contributed by atoms with Crippen molar-refractivity contribution in [2.75, 3.05) is 0 Å². The maximum atomic E-state index is 5.34. The van der Waals surface area contributed by atoms with Crippen LogP contribution in [-0.4, -0.2) is 14.2 Å². The van der Waals surface area contributed by atoms with Crippen molar-refractivity contribution in [2.45, 2.75) is 6.92 Å². The molecular weight excluding hydrogens is 368 g/mol. The van der Waals surface area contributed by atoms with Crippen molar-refractivity contribution in [3.8, 4) is 0 Å². The molecule has 2 aromatic heterocycles. The van der Waals surface area contributed by atoms with Crippen LogP contribution < -0.4 is 0 Å². The Morgan fingerprint density at radius 1 is 0.842 bits per heavy atom. The molecule has 0 aliphatic heterocycles. The third kappa shape index (κ3) is 19.7. The van der Waals surface area contributed by atoms with Crippen molar-refractivity contribution in [3.05, 3.63) is 74.7 Å². The fourth-order valence-electron chi connectivity index (χ4n) is 0.702. The van der Waals surface area contributed by atoms with Gasteiger partial charge in [0.25, 0.3) is 0 Å². The summed E-state index contributed by atoms with van der Waals surface area (Å²) in [5.74, 6) is 0. The second kappa shape index (κ2) is 17.2. The molecule has 0 fully saturated rings. The van der Waals surface area contributed by atoms with Crippen LogP contribution in [-0.2, 0) is 13.5 Å². The molecule has 0 aliphatic carbocycles. The van der Waals surface area contributed by atoms with E-state index in [0.717, 1.165) is 0 Å². The van der Waals surface area contributed by atoms with E-state index in [2.05, 4.69) is 14.2 Å². The van der Waals surface area contributed by atoms with Gasteiger partial charge in [0.2, 0.25) is 0 Å². The first-order chi connectivity index (χ1) is 8.77. The Morgan fingerprint density at radius 2 is 1.21 bits per heavy atom. The minimum absolute atomic E-state index is 0. The van der Waals surface area contributed by atoms with E-state index in [0.29, 0.717) is 0 Å². The number of pyridine rings is 2. The Kier molecular flexibility index (Phi) is 18.5. The number of aromatic nitrogens is 2. The Hall–Kier alpha value is -0.847. The third-order valence-electron chi connectivity index (χ3n) is 1.31. The van der Waals surface area contributed by atoms with E-state index < -0.39 is 13.5 Å². The monoisotopic (exact) mass is 385 g/mol. The van der Waals surface area contributed by atoms with Gasteiger partial charge in [-0.25, -0.2) is 0 Å². The molecule has 19 heavy (non-hydrogen) atoms. The molecule has 0 bridgehead atoms. The number of rotatable bonds is 0. The van der Waals surface area contributed by atoms with Crippen LogP contribution in [0, 0.1) is 7.43 Å². The van der Waals surface area contributed by atoms with E-state index in [1.807, 2.05) is 43.3 Å². The van der Waals surface area contributed by atoms with Gasteiger partial charge >= 0.3 is 50.2 Å². The summed E-state index contributed by atoms with van der Waals surface area (Å²) in [4.78, 5) is 7.57. The minimum atomic E-state index is -1.57. The number of nitrogens with zero attached hydrogens (tertiary/aromatic N) is 2. The molecule has 0 aliphatic rings. The normalized spacial score (nSPS) is 8.05. The quantitative estimate of drug-likeness (QED) is 0.493. The van der Waals surface area contributed by atoms with Gasteiger partial charge in [0.1, 0.15) is 0 Å². The maximum Gasteiger partial charge on any atom is 0.0267 e. The molecule has 0 saturated carbocycles. The van der Waals surface area contributed by atoms with Crippen molar-refractivity contribution < 1.29 is 13.5 Å². The van der Waals surface area contributed by atoms with Crippen LogP contribution in [0.15, 0.2) is 67.3 Å². The summed E-state index contributed by atoms with van der Waals surface area (Å²) in [5, 5.41) is 0. The van der Waals surface area contributed by atoms with Crippen LogP contribution in [0.25, 0.3) is 0 Å². The molecule has 0 N–H and O–H groups in total. The molecular formula is C14H17Cl2N2Ru-. The first-order valence-electron chi connectivity index (χ1n) is 5.01. The van der Waals surface area contributed by atoms with Gasteiger partial charge in [-0.3, -0.25) is 9.97 Å². The fourth-order valence-corrected chi connectivity index (χ4v) is 1.99. The minimum Gasteiger partial charge on any atom is -0.358 e. The van der Waals surface area contributed by atoms with Crippen LogP contribution in [0.4, 0.5) is 0 Å². The molecule has 5 heteroatoms. The Balaban J connectivity index is 0. The van der Waals surface area contributed by atoms with Crippen LogP contribution in [0.2, 0.25) is 0 Å². The summed E-state index contributed by atoms with van der Waals surface area (Å²) in [6.07, 6.45) is 8.75. The molecule has 0 aromatic carbocycles. The van der Waals surface area contributed by atoms with Gasteiger partial charge in [-0.05, 0) is 24.3 Å². The summed E-state index contributed by atoms with van der Waals surface area (Å²) < 4.78 is 2.76.